The van der Waals surface area contributed by atoms with E-state index in [-0.39, 0.29) is 22.7 Å². The number of hydrogen-bond donors (Lipinski definition) is 0. The number of nitro benzene ring substituents is 1. The minimum Gasteiger partial charge on any atom is -0.457 e. The number of rotatable bonds is 3. The zero-order valence-electron chi connectivity index (χ0n) is 9.84. The highest BCUT2D eigenvalue weighted by Gasteiger charge is 2.14. The number of benzene rings is 2. The minimum absolute atomic E-state index is 0.0154. The maximum absolute atomic E-state index is 13.0. The average molecular weight is 276 g/mol. The van der Waals surface area contributed by atoms with Crippen molar-refractivity contribution in [1.29, 1.82) is 5.26 Å². The predicted octanol–water partition coefficient (Wildman–Crippen LogP) is 3.54. The van der Waals surface area contributed by atoms with Gasteiger partial charge in [-0.05, 0) is 18.2 Å². The quantitative estimate of drug-likeness (QED) is 0.634. The van der Waals surface area contributed by atoms with Crippen LogP contribution in [0.2, 0.25) is 0 Å². The average Bonchev–Trinajstić information content (AvgIpc) is 2.42. The molecule has 0 N–H and O–H groups in total. The fourth-order valence-electron chi connectivity index (χ4n) is 1.50. The van der Waals surface area contributed by atoms with Crippen molar-refractivity contribution in [3.63, 3.8) is 0 Å². The van der Waals surface area contributed by atoms with E-state index in [1.165, 1.54) is 12.1 Å². The van der Waals surface area contributed by atoms with Gasteiger partial charge in [-0.2, -0.15) is 5.26 Å². The molecule has 0 fully saturated rings. The molecule has 0 radical (unpaired) electrons. The first-order chi connectivity index (χ1) is 9.51. The van der Waals surface area contributed by atoms with Crippen LogP contribution in [0, 0.1) is 33.1 Å². The molecule has 0 amide bonds. The molecule has 2 aromatic carbocycles. The van der Waals surface area contributed by atoms with Crippen LogP contribution in [0.3, 0.4) is 0 Å². The highest BCUT2D eigenvalue weighted by molar-refractivity contribution is 5.52. The van der Waals surface area contributed by atoms with Crippen LogP contribution in [-0.4, -0.2) is 4.92 Å². The molecule has 0 heterocycles. The summed E-state index contributed by atoms with van der Waals surface area (Å²) in [6, 6.07) is 8.12. The van der Waals surface area contributed by atoms with Crippen LogP contribution in [-0.2, 0) is 0 Å². The van der Waals surface area contributed by atoms with Crippen molar-refractivity contribution in [3.05, 3.63) is 63.7 Å². The lowest BCUT2D eigenvalue weighted by molar-refractivity contribution is -0.385. The number of hydrogen-bond acceptors (Lipinski definition) is 4. The monoisotopic (exact) mass is 276 g/mol. The molecule has 2 aromatic rings. The molecule has 0 bridgehead atoms. The Morgan fingerprint density at radius 3 is 2.35 bits per heavy atom. The van der Waals surface area contributed by atoms with Crippen LogP contribution in [0.4, 0.5) is 14.5 Å². The molecule has 100 valence electrons. The Balaban J connectivity index is 2.32. The molecule has 7 heteroatoms. The Labute approximate surface area is 111 Å². The van der Waals surface area contributed by atoms with Crippen LogP contribution in [0.25, 0.3) is 0 Å². The largest absolute Gasteiger partial charge is 0.457 e. The van der Waals surface area contributed by atoms with Gasteiger partial charge in [-0.3, -0.25) is 10.1 Å². The maximum Gasteiger partial charge on any atom is 0.287 e. The molecule has 20 heavy (non-hydrogen) atoms. The van der Waals surface area contributed by atoms with Crippen molar-refractivity contribution in [3.8, 4) is 17.6 Å². The van der Waals surface area contributed by atoms with Crippen molar-refractivity contribution in [2.24, 2.45) is 0 Å². The van der Waals surface area contributed by atoms with E-state index in [0.717, 1.165) is 24.3 Å². The summed E-state index contributed by atoms with van der Waals surface area (Å²) in [6.07, 6.45) is 0. The van der Waals surface area contributed by atoms with Gasteiger partial charge in [0.1, 0.15) is 23.1 Å². The topological polar surface area (TPSA) is 76.2 Å². The first kappa shape index (κ1) is 13.4. The van der Waals surface area contributed by atoms with E-state index in [1.807, 2.05) is 0 Å². The van der Waals surface area contributed by atoms with Crippen LogP contribution in [0.15, 0.2) is 36.4 Å². The minimum atomic E-state index is -1.08. The van der Waals surface area contributed by atoms with Crippen LogP contribution < -0.4 is 4.74 Å². The molecule has 0 spiro atoms. The van der Waals surface area contributed by atoms with Crippen molar-refractivity contribution in [2.45, 2.75) is 0 Å². The van der Waals surface area contributed by atoms with E-state index in [4.69, 9.17) is 10.00 Å². The standard InChI is InChI=1S/C13H6F2N2O3/c14-11-3-1-10(6-12(11)15)20-9-2-4-13(17(18)19)8(5-9)7-16/h1-6H. The SMILES string of the molecule is N#Cc1cc(Oc2ccc(F)c(F)c2)ccc1[N+](=O)[O-]. The number of halogens is 2. The van der Waals surface area contributed by atoms with Gasteiger partial charge in [-0.25, -0.2) is 8.78 Å². The summed E-state index contributed by atoms with van der Waals surface area (Å²) in [7, 11) is 0. The van der Waals surface area contributed by atoms with Gasteiger partial charge in [0.2, 0.25) is 0 Å². The van der Waals surface area contributed by atoms with E-state index >= 15 is 0 Å². The first-order valence-electron chi connectivity index (χ1n) is 5.32. The highest BCUT2D eigenvalue weighted by Crippen LogP contribution is 2.27. The second-order valence-corrected chi connectivity index (χ2v) is 3.73. The fraction of sp³-hybridized carbons (Fsp3) is 0. The number of nitrogens with zero attached hydrogens (tertiary/aromatic N) is 2. The Kier molecular flexibility index (Phi) is 3.57. The van der Waals surface area contributed by atoms with Gasteiger partial charge in [0, 0.05) is 18.2 Å². The maximum atomic E-state index is 13.0. The molecule has 0 aliphatic heterocycles. The zero-order chi connectivity index (χ0) is 14.7. The van der Waals surface area contributed by atoms with Crippen LogP contribution in [0.5, 0.6) is 11.5 Å². The third-order valence-corrected chi connectivity index (χ3v) is 2.41. The first-order valence-corrected chi connectivity index (χ1v) is 5.32. The van der Waals surface area contributed by atoms with E-state index in [1.54, 1.807) is 6.07 Å². The van der Waals surface area contributed by atoms with Crippen molar-refractivity contribution >= 4 is 5.69 Å². The van der Waals surface area contributed by atoms with Gasteiger partial charge >= 0.3 is 0 Å². The van der Waals surface area contributed by atoms with Gasteiger partial charge in [-0.15, -0.1) is 0 Å². The molecule has 0 aromatic heterocycles. The second kappa shape index (κ2) is 5.32. The third-order valence-electron chi connectivity index (χ3n) is 2.41. The summed E-state index contributed by atoms with van der Waals surface area (Å²) in [6.45, 7) is 0. The summed E-state index contributed by atoms with van der Waals surface area (Å²) < 4.78 is 31.0. The van der Waals surface area contributed by atoms with Crippen molar-refractivity contribution < 1.29 is 18.4 Å². The lowest BCUT2D eigenvalue weighted by Crippen LogP contribution is -1.93. The summed E-state index contributed by atoms with van der Waals surface area (Å²) >= 11 is 0. The lowest BCUT2D eigenvalue weighted by atomic mass is 10.2. The van der Waals surface area contributed by atoms with Gasteiger partial charge in [-0.1, -0.05) is 0 Å². The summed E-state index contributed by atoms with van der Waals surface area (Å²) in [5.74, 6) is -1.97. The smallest absolute Gasteiger partial charge is 0.287 e. The van der Waals surface area contributed by atoms with Gasteiger partial charge in [0.05, 0.1) is 4.92 Å². The molecule has 5 nitrogen and oxygen atoms in total. The van der Waals surface area contributed by atoms with E-state index in [2.05, 4.69) is 0 Å². The van der Waals surface area contributed by atoms with Crippen LogP contribution >= 0.6 is 0 Å². The molecule has 0 unspecified atom stereocenters. The number of nitriles is 1. The molecule has 0 atom stereocenters. The third kappa shape index (κ3) is 2.70. The Hall–Kier alpha value is -3.01. The summed E-state index contributed by atoms with van der Waals surface area (Å²) in [5.41, 5.74) is -0.541. The Morgan fingerprint density at radius 1 is 1.10 bits per heavy atom. The molecular formula is C13H6F2N2O3. The van der Waals surface area contributed by atoms with Crippen molar-refractivity contribution in [2.75, 3.05) is 0 Å². The normalized spacial score (nSPS) is 9.85. The molecule has 2 rings (SSSR count). The van der Waals surface area contributed by atoms with Crippen molar-refractivity contribution in [1.82, 2.24) is 0 Å². The molecule has 0 saturated carbocycles. The predicted molar refractivity (Wildman–Crippen MR) is 64.2 cm³/mol. The van der Waals surface area contributed by atoms with E-state index in [0.29, 0.717) is 0 Å². The molecular weight excluding hydrogens is 270 g/mol. The van der Waals surface area contributed by atoms with E-state index in [9.17, 15) is 18.9 Å². The summed E-state index contributed by atoms with van der Waals surface area (Å²) in [4.78, 5) is 9.96. The van der Waals surface area contributed by atoms with E-state index < -0.39 is 16.6 Å². The molecule has 0 saturated heterocycles. The van der Waals surface area contributed by atoms with Gasteiger partial charge < -0.3 is 4.74 Å². The Morgan fingerprint density at radius 2 is 1.75 bits per heavy atom. The summed E-state index contributed by atoms with van der Waals surface area (Å²) in [5, 5.41) is 19.5. The van der Waals surface area contributed by atoms with Gasteiger partial charge in [0.15, 0.2) is 11.6 Å². The number of nitro groups is 1. The lowest BCUT2D eigenvalue weighted by Gasteiger charge is -2.06. The zero-order valence-corrected chi connectivity index (χ0v) is 9.84. The fourth-order valence-corrected chi connectivity index (χ4v) is 1.50. The molecule has 0 aliphatic rings. The highest BCUT2D eigenvalue weighted by atomic mass is 19.2. The number of ether oxygens (including phenoxy) is 1. The second-order valence-electron chi connectivity index (χ2n) is 3.73. The Bertz CT molecular complexity index is 726. The van der Waals surface area contributed by atoms with Crippen LogP contribution in [0.1, 0.15) is 5.56 Å². The van der Waals surface area contributed by atoms with Gasteiger partial charge in [0.25, 0.3) is 5.69 Å². The molecule has 0 aliphatic carbocycles.